The molecular weight excluding hydrogens is 366 g/mol. The number of carbonyl (C=O) groups excluding carboxylic acids is 2. The molecule has 1 aromatic rings. The van der Waals surface area contributed by atoms with E-state index >= 15 is 0 Å². The molecular formula is C20H29NO5S. The number of rotatable bonds is 12. The van der Waals surface area contributed by atoms with Crippen LogP contribution in [-0.2, 0) is 11.2 Å². The number of hydrogen-bond acceptors (Lipinski definition) is 6. The van der Waals surface area contributed by atoms with E-state index < -0.39 is 10.7 Å². The monoisotopic (exact) mass is 395 g/mol. The van der Waals surface area contributed by atoms with Gasteiger partial charge in [-0.05, 0) is 44.7 Å². The third-order valence-corrected chi connectivity index (χ3v) is 4.87. The Morgan fingerprint density at radius 1 is 1.41 bits per heavy atom. The summed E-state index contributed by atoms with van der Waals surface area (Å²) in [6.45, 7) is 7.46. The highest BCUT2D eigenvalue weighted by atomic mass is 32.1. The highest BCUT2D eigenvalue weighted by Gasteiger charge is 2.27. The van der Waals surface area contributed by atoms with Crippen LogP contribution < -0.4 is 10.2 Å². The molecule has 0 bridgehead atoms. The lowest BCUT2D eigenvalue weighted by Gasteiger charge is -2.26. The Hall–Kier alpha value is -1.99. The van der Waals surface area contributed by atoms with E-state index in [4.69, 9.17) is 9.94 Å². The zero-order chi connectivity index (χ0) is 20.4. The van der Waals surface area contributed by atoms with E-state index in [1.54, 1.807) is 23.7 Å². The van der Waals surface area contributed by atoms with Gasteiger partial charge in [-0.3, -0.25) is 14.8 Å². The molecule has 1 aromatic carbocycles. The normalized spacial score (nSPS) is 12.9. The van der Waals surface area contributed by atoms with Crippen LogP contribution in [0.4, 0.5) is 0 Å². The summed E-state index contributed by atoms with van der Waals surface area (Å²) in [5.74, 6) is -0.150. The van der Waals surface area contributed by atoms with Crippen molar-refractivity contribution in [3.05, 3.63) is 35.9 Å². The minimum absolute atomic E-state index is 0.0170. The van der Waals surface area contributed by atoms with Crippen LogP contribution in [-0.4, -0.2) is 33.4 Å². The second-order valence-corrected chi connectivity index (χ2v) is 7.57. The zero-order valence-corrected chi connectivity index (χ0v) is 16.8. The fraction of sp³-hybridized carbons (Fsp3) is 0.500. The van der Waals surface area contributed by atoms with Crippen LogP contribution in [0.25, 0.3) is 0 Å². The van der Waals surface area contributed by atoms with Crippen molar-refractivity contribution < 1.29 is 24.6 Å². The lowest BCUT2D eigenvalue weighted by Crippen LogP contribution is -2.31. The van der Waals surface area contributed by atoms with E-state index in [1.807, 2.05) is 6.92 Å². The average molecular weight is 396 g/mol. The molecule has 0 saturated carbocycles. The van der Waals surface area contributed by atoms with Gasteiger partial charge in [-0.25, -0.2) is 5.48 Å². The maximum absolute atomic E-state index is 11.6. The standard InChI is InChI=1S/C20H29NO5S/c1-4-7-16-17(9-8-15(14(3)22)19(16)24)26-12-6-11-20(27,10-5-2)13-18(23)21-25/h5,8-9,24-25,27H,2,4,6-7,10-13H2,1,3H3,(H,21,23). The minimum atomic E-state index is -0.620. The number of phenols is 1. The summed E-state index contributed by atoms with van der Waals surface area (Å²) in [4.78, 5) is 23.1. The molecule has 1 unspecified atom stereocenters. The number of aromatic hydroxyl groups is 1. The molecule has 1 amide bonds. The molecule has 3 N–H and O–H groups in total. The lowest BCUT2D eigenvalue weighted by molar-refractivity contribution is -0.129. The van der Waals surface area contributed by atoms with E-state index in [0.717, 1.165) is 6.42 Å². The number of ketones is 1. The number of allylic oxidation sites excluding steroid dienone is 1. The van der Waals surface area contributed by atoms with E-state index in [9.17, 15) is 14.7 Å². The molecule has 0 spiro atoms. The van der Waals surface area contributed by atoms with Gasteiger partial charge < -0.3 is 9.84 Å². The van der Waals surface area contributed by atoms with Crippen molar-refractivity contribution >= 4 is 24.3 Å². The van der Waals surface area contributed by atoms with Gasteiger partial charge >= 0.3 is 0 Å². The lowest BCUT2D eigenvalue weighted by atomic mass is 9.94. The zero-order valence-electron chi connectivity index (χ0n) is 16.0. The average Bonchev–Trinajstić information content (AvgIpc) is 2.61. The first kappa shape index (κ1) is 23.0. The van der Waals surface area contributed by atoms with Crippen LogP contribution in [0.3, 0.4) is 0 Å². The number of nitrogens with one attached hydrogen (secondary N) is 1. The maximum atomic E-state index is 11.6. The number of amides is 1. The molecule has 0 radical (unpaired) electrons. The Morgan fingerprint density at radius 2 is 2.11 bits per heavy atom. The predicted molar refractivity (Wildman–Crippen MR) is 108 cm³/mol. The fourth-order valence-electron chi connectivity index (χ4n) is 2.98. The number of hydroxylamine groups is 1. The number of benzene rings is 1. The first-order chi connectivity index (χ1) is 12.8. The van der Waals surface area contributed by atoms with Crippen LogP contribution >= 0.6 is 12.6 Å². The van der Waals surface area contributed by atoms with E-state index in [1.165, 1.54) is 6.92 Å². The van der Waals surface area contributed by atoms with Gasteiger partial charge in [0.15, 0.2) is 5.78 Å². The summed E-state index contributed by atoms with van der Waals surface area (Å²) in [6.07, 6.45) is 4.88. The summed E-state index contributed by atoms with van der Waals surface area (Å²) < 4.78 is 5.21. The summed E-state index contributed by atoms with van der Waals surface area (Å²) in [5, 5.41) is 19.1. The van der Waals surface area contributed by atoms with Crippen LogP contribution in [0.15, 0.2) is 24.8 Å². The first-order valence-electron chi connectivity index (χ1n) is 9.02. The van der Waals surface area contributed by atoms with Crippen molar-refractivity contribution in [3.8, 4) is 11.5 Å². The number of ether oxygens (including phenoxy) is 1. The van der Waals surface area contributed by atoms with E-state index in [-0.39, 0.29) is 18.0 Å². The molecule has 0 aliphatic carbocycles. The Bertz CT molecular complexity index is 677. The predicted octanol–water partition coefficient (Wildman–Crippen LogP) is 3.85. The van der Waals surface area contributed by atoms with Crippen molar-refractivity contribution in [3.63, 3.8) is 0 Å². The molecule has 0 aliphatic heterocycles. The number of phenolic OH excluding ortho intramolecular Hbond substituents is 1. The number of Topliss-reactive ketones (excluding diaryl/α,β-unsaturated/α-hetero) is 1. The minimum Gasteiger partial charge on any atom is -0.507 e. The first-order valence-corrected chi connectivity index (χ1v) is 9.47. The number of hydrogen-bond donors (Lipinski definition) is 4. The van der Waals surface area contributed by atoms with Gasteiger partial charge in [0.25, 0.3) is 0 Å². The second-order valence-electron chi connectivity index (χ2n) is 6.63. The van der Waals surface area contributed by atoms with Gasteiger partial charge in [-0.1, -0.05) is 19.4 Å². The largest absolute Gasteiger partial charge is 0.507 e. The maximum Gasteiger partial charge on any atom is 0.244 e. The number of carbonyl (C=O) groups is 2. The van der Waals surface area contributed by atoms with Crippen LogP contribution in [0.2, 0.25) is 0 Å². The Kier molecular flexibility index (Phi) is 9.38. The van der Waals surface area contributed by atoms with Crippen LogP contribution in [0.5, 0.6) is 11.5 Å². The van der Waals surface area contributed by atoms with Gasteiger partial charge in [-0.15, -0.1) is 6.58 Å². The van der Waals surface area contributed by atoms with Gasteiger partial charge in [0.1, 0.15) is 11.5 Å². The van der Waals surface area contributed by atoms with Crippen LogP contribution in [0, 0.1) is 0 Å². The third kappa shape index (κ3) is 6.92. The van der Waals surface area contributed by atoms with Crippen molar-refractivity contribution in [1.29, 1.82) is 0 Å². The van der Waals surface area contributed by atoms with Gasteiger partial charge in [-0.2, -0.15) is 12.6 Å². The van der Waals surface area contributed by atoms with Crippen LogP contribution in [0.1, 0.15) is 61.9 Å². The summed E-state index contributed by atoms with van der Waals surface area (Å²) in [7, 11) is 0. The van der Waals surface area contributed by atoms with Crippen molar-refractivity contribution in [2.24, 2.45) is 0 Å². The molecule has 0 fully saturated rings. The Labute approximate surface area is 166 Å². The topological polar surface area (TPSA) is 95.9 Å². The summed E-state index contributed by atoms with van der Waals surface area (Å²) in [6, 6.07) is 3.27. The van der Waals surface area contributed by atoms with Gasteiger partial charge in [0.05, 0.1) is 12.2 Å². The molecule has 0 aliphatic rings. The number of thiol groups is 1. The molecule has 0 saturated heterocycles. The molecule has 150 valence electrons. The Balaban J connectivity index is 2.77. The van der Waals surface area contributed by atoms with Crippen molar-refractivity contribution in [1.82, 2.24) is 5.48 Å². The molecule has 0 heterocycles. The SMILES string of the molecule is C=CCC(S)(CCCOc1ccc(C(C)=O)c(O)c1CCC)CC(=O)NO. The van der Waals surface area contributed by atoms with Gasteiger partial charge in [0.2, 0.25) is 5.91 Å². The highest BCUT2D eigenvalue weighted by molar-refractivity contribution is 7.81. The second kappa shape index (κ2) is 11.0. The van der Waals surface area contributed by atoms with Crippen molar-refractivity contribution in [2.45, 2.75) is 57.1 Å². The van der Waals surface area contributed by atoms with Crippen molar-refractivity contribution in [2.75, 3.05) is 6.61 Å². The molecule has 1 atom stereocenters. The van der Waals surface area contributed by atoms with E-state index in [0.29, 0.717) is 49.2 Å². The van der Waals surface area contributed by atoms with Gasteiger partial charge in [0, 0.05) is 16.7 Å². The summed E-state index contributed by atoms with van der Waals surface area (Å²) in [5.41, 5.74) is 2.55. The molecule has 27 heavy (non-hydrogen) atoms. The molecule has 0 aromatic heterocycles. The smallest absolute Gasteiger partial charge is 0.244 e. The molecule has 7 heteroatoms. The highest BCUT2D eigenvalue weighted by Crippen LogP contribution is 2.34. The molecule has 6 nitrogen and oxygen atoms in total. The fourth-order valence-corrected chi connectivity index (χ4v) is 3.41. The quantitative estimate of drug-likeness (QED) is 0.108. The molecule has 1 rings (SSSR count). The van der Waals surface area contributed by atoms with E-state index in [2.05, 4.69) is 19.2 Å². The third-order valence-electron chi connectivity index (χ3n) is 4.30. The Morgan fingerprint density at radius 3 is 2.67 bits per heavy atom. The summed E-state index contributed by atoms with van der Waals surface area (Å²) >= 11 is 4.58.